The predicted octanol–water partition coefficient (Wildman–Crippen LogP) is 8.73. The Kier molecular flexibility index (Phi) is 8.91. The Balaban J connectivity index is 1.47. The lowest BCUT2D eigenvalue weighted by molar-refractivity contribution is -0.113. The third-order valence-corrected chi connectivity index (χ3v) is 7.75. The lowest BCUT2D eigenvalue weighted by Gasteiger charge is -2.15. The van der Waals surface area contributed by atoms with Crippen molar-refractivity contribution in [2.75, 3.05) is 11.5 Å². The molecule has 0 aliphatic carbocycles. The normalized spacial score (nSPS) is 15.3. The van der Waals surface area contributed by atoms with E-state index in [4.69, 9.17) is 26.1 Å². The second kappa shape index (κ2) is 12.7. The first-order valence-corrected chi connectivity index (χ1v) is 14.6. The van der Waals surface area contributed by atoms with Crippen molar-refractivity contribution in [3.63, 3.8) is 0 Å². The molecule has 5 nitrogen and oxygen atoms in total. The van der Waals surface area contributed by atoms with E-state index in [2.05, 4.69) is 22.6 Å². The summed E-state index contributed by atoms with van der Waals surface area (Å²) in [4.78, 5) is 20.7. The zero-order valence-electron chi connectivity index (χ0n) is 21.0. The molecule has 4 aromatic carbocycles. The van der Waals surface area contributed by atoms with Crippen LogP contribution in [-0.4, -0.2) is 17.7 Å². The Hall–Kier alpha value is -3.27. The molecule has 0 spiro atoms. The molecule has 1 amide bonds. The van der Waals surface area contributed by atoms with Gasteiger partial charge in [-0.25, -0.2) is 4.99 Å². The quantitative estimate of drug-likeness (QED) is 0.139. The molecule has 4 aromatic rings. The van der Waals surface area contributed by atoms with Gasteiger partial charge in [-0.1, -0.05) is 60.1 Å². The summed E-state index contributed by atoms with van der Waals surface area (Å²) in [6.07, 6.45) is 1.88. The average molecular weight is 667 g/mol. The Morgan fingerprint density at radius 2 is 1.64 bits per heavy atom. The summed E-state index contributed by atoms with van der Waals surface area (Å²) in [5, 5.41) is 1.29. The van der Waals surface area contributed by atoms with E-state index in [0.717, 1.165) is 26.1 Å². The van der Waals surface area contributed by atoms with Gasteiger partial charge in [0.1, 0.15) is 6.61 Å². The molecule has 0 radical (unpaired) electrons. The number of amides is 1. The molecule has 0 atom stereocenters. The van der Waals surface area contributed by atoms with Gasteiger partial charge in [0.25, 0.3) is 5.91 Å². The van der Waals surface area contributed by atoms with Crippen LogP contribution in [0, 0.1) is 3.57 Å². The molecule has 0 bridgehead atoms. The molecule has 39 heavy (non-hydrogen) atoms. The van der Waals surface area contributed by atoms with Crippen LogP contribution in [-0.2, 0) is 11.4 Å². The van der Waals surface area contributed by atoms with Gasteiger partial charge in [0, 0.05) is 5.02 Å². The summed E-state index contributed by atoms with van der Waals surface area (Å²) in [5.41, 5.74) is 3.39. The van der Waals surface area contributed by atoms with Crippen LogP contribution in [0.5, 0.6) is 11.5 Å². The molecule has 5 rings (SSSR count). The van der Waals surface area contributed by atoms with Gasteiger partial charge >= 0.3 is 0 Å². The fraction of sp³-hybridized carbons (Fsp3) is 0.0968. The highest BCUT2D eigenvalue weighted by atomic mass is 127. The molecule has 1 heterocycles. The number of aliphatic imine (C=N–C) groups is 1. The number of rotatable bonds is 8. The molecular weight excluding hydrogens is 643 g/mol. The highest BCUT2D eigenvalue weighted by molar-refractivity contribution is 14.1. The second-order valence-electron chi connectivity index (χ2n) is 8.49. The van der Waals surface area contributed by atoms with Crippen LogP contribution in [0.15, 0.2) is 107 Å². The van der Waals surface area contributed by atoms with E-state index in [1.54, 1.807) is 4.90 Å². The smallest absolute Gasteiger partial charge is 0.271 e. The Morgan fingerprint density at radius 3 is 2.33 bits per heavy atom. The second-order valence-corrected chi connectivity index (χ2v) is 11.1. The standard InChI is InChI=1S/C31H24ClIN2O3S/c1-2-37-27-18-22(17-26(33)29(27)38-20-21-13-15-23(32)16-14-21)19-28-30(36)35(25-11-7-4-8-12-25)31(39-28)34-24-9-5-3-6-10-24/h3-19H,2,20H2,1H3/b28-19-,34-31?. The zero-order chi connectivity index (χ0) is 27.2. The highest BCUT2D eigenvalue weighted by Gasteiger charge is 2.34. The summed E-state index contributed by atoms with van der Waals surface area (Å²) in [7, 11) is 0. The van der Waals surface area contributed by atoms with Crippen LogP contribution < -0.4 is 14.4 Å². The topological polar surface area (TPSA) is 51.1 Å². The van der Waals surface area contributed by atoms with E-state index in [-0.39, 0.29) is 5.91 Å². The number of hydrogen-bond acceptors (Lipinski definition) is 5. The van der Waals surface area contributed by atoms with E-state index in [0.29, 0.717) is 39.8 Å². The van der Waals surface area contributed by atoms with E-state index in [1.165, 1.54) is 11.8 Å². The predicted molar refractivity (Wildman–Crippen MR) is 169 cm³/mol. The van der Waals surface area contributed by atoms with Gasteiger partial charge in [-0.2, -0.15) is 0 Å². The highest BCUT2D eigenvalue weighted by Crippen LogP contribution is 2.40. The number of thioether (sulfide) groups is 1. The first-order chi connectivity index (χ1) is 19.0. The van der Waals surface area contributed by atoms with Crippen molar-refractivity contribution < 1.29 is 14.3 Å². The molecular formula is C31H24ClIN2O3S. The molecule has 1 aliphatic rings. The maximum atomic E-state index is 13.6. The Bertz CT molecular complexity index is 1530. The van der Waals surface area contributed by atoms with Crippen molar-refractivity contribution in [2.24, 2.45) is 4.99 Å². The van der Waals surface area contributed by atoms with Gasteiger partial charge in [-0.3, -0.25) is 9.69 Å². The van der Waals surface area contributed by atoms with Gasteiger partial charge in [0.05, 0.1) is 26.5 Å². The molecule has 1 fully saturated rings. The number of carbonyl (C=O) groups excluding carboxylic acids is 1. The Morgan fingerprint density at radius 1 is 0.949 bits per heavy atom. The number of amidine groups is 1. The Labute approximate surface area is 250 Å². The minimum atomic E-state index is -0.128. The molecule has 0 N–H and O–H groups in total. The molecule has 1 aliphatic heterocycles. The van der Waals surface area contributed by atoms with E-state index in [1.807, 2.05) is 110 Å². The van der Waals surface area contributed by atoms with Crippen LogP contribution in [0.2, 0.25) is 5.02 Å². The third kappa shape index (κ3) is 6.66. The number of para-hydroxylation sites is 2. The lowest BCUT2D eigenvalue weighted by atomic mass is 10.1. The van der Waals surface area contributed by atoms with Crippen molar-refractivity contribution in [3.05, 3.63) is 122 Å². The number of halogens is 2. The number of benzene rings is 4. The maximum Gasteiger partial charge on any atom is 0.271 e. The van der Waals surface area contributed by atoms with Gasteiger partial charge in [0.15, 0.2) is 16.7 Å². The molecule has 1 saturated heterocycles. The zero-order valence-corrected chi connectivity index (χ0v) is 24.7. The molecule has 0 saturated carbocycles. The van der Waals surface area contributed by atoms with E-state index < -0.39 is 0 Å². The SMILES string of the molecule is CCOc1cc(/C=C2\SC(=Nc3ccccc3)N(c3ccccc3)C2=O)cc(I)c1OCc1ccc(Cl)cc1. The minimum Gasteiger partial charge on any atom is -0.490 e. The summed E-state index contributed by atoms with van der Waals surface area (Å²) < 4.78 is 13.0. The third-order valence-electron chi connectivity index (χ3n) is 5.73. The summed E-state index contributed by atoms with van der Waals surface area (Å²) in [5.74, 6) is 1.16. The molecule has 8 heteroatoms. The van der Waals surface area contributed by atoms with Gasteiger partial charge in [-0.05, 0) is 107 Å². The van der Waals surface area contributed by atoms with Gasteiger partial charge in [0.2, 0.25) is 0 Å². The largest absolute Gasteiger partial charge is 0.490 e. The van der Waals surface area contributed by atoms with Crippen molar-refractivity contribution >= 4 is 74.5 Å². The van der Waals surface area contributed by atoms with Crippen molar-refractivity contribution in [2.45, 2.75) is 13.5 Å². The first kappa shape index (κ1) is 27.3. The van der Waals surface area contributed by atoms with Crippen LogP contribution >= 0.6 is 46.0 Å². The van der Waals surface area contributed by atoms with Gasteiger partial charge in [-0.15, -0.1) is 0 Å². The van der Waals surface area contributed by atoms with Crippen LogP contribution in [0.4, 0.5) is 11.4 Å². The van der Waals surface area contributed by atoms with Crippen molar-refractivity contribution in [3.8, 4) is 11.5 Å². The van der Waals surface area contributed by atoms with Crippen molar-refractivity contribution in [1.29, 1.82) is 0 Å². The number of nitrogens with zero attached hydrogens (tertiary/aromatic N) is 2. The number of anilines is 1. The number of ether oxygens (including phenoxy) is 2. The fourth-order valence-corrected chi connectivity index (χ4v) is 5.84. The molecule has 0 unspecified atom stereocenters. The van der Waals surface area contributed by atoms with E-state index in [9.17, 15) is 4.79 Å². The number of hydrogen-bond donors (Lipinski definition) is 0. The van der Waals surface area contributed by atoms with Crippen LogP contribution in [0.1, 0.15) is 18.1 Å². The number of carbonyl (C=O) groups is 1. The summed E-state index contributed by atoms with van der Waals surface area (Å²) in [6.45, 7) is 2.80. The average Bonchev–Trinajstić information content (AvgIpc) is 3.24. The monoisotopic (exact) mass is 666 g/mol. The fourth-order valence-electron chi connectivity index (χ4n) is 3.93. The summed E-state index contributed by atoms with van der Waals surface area (Å²) in [6, 6.07) is 30.6. The minimum absolute atomic E-state index is 0.128. The van der Waals surface area contributed by atoms with Crippen LogP contribution in [0.3, 0.4) is 0 Å². The van der Waals surface area contributed by atoms with E-state index >= 15 is 0 Å². The maximum absolute atomic E-state index is 13.6. The van der Waals surface area contributed by atoms with Gasteiger partial charge < -0.3 is 9.47 Å². The van der Waals surface area contributed by atoms with Crippen LogP contribution in [0.25, 0.3) is 6.08 Å². The van der Waals surface area contributed by atoms with Crippen molar-refractivity contribution in [1.82, 2.24) is 0 Å². The first-order valence-electron chi connectivity index (χ1n) is 12.3. The lowest BCUT2D eigenvalue weighted by Crippen LogP contribution is -2.28. The molecule has 196 valence electrons. The molecule has 0 aromatic heterocycles. The summed E-state index contributed by atoms with van der Waals surface area (Å²) >= 11 is 9.60.